The van der Waals surface area contributed by atoms with Gasteiger partial charge in [-0.3, -0.25) is 0 Å². The Morgan fingerprint density at radius 3 is 2.57 bits per heavy atom. The van der Waals surface area contributed by atoms with Crippen LogP contribution in [0.1, 0.15) is 18.9 Å². The Morgan fingerprint density at radius 1 is 1.26 bits per heavy atom. The molecule has 23 heavy (non-hydrogen) atoms. The molecule has 0 aromatic heterocycles. The molecule has 1 aromatic carbocycles. The summed E-state index contributed by atoms with van der Waals surface area (Å²) in [6, 6.07) is 3.22. The molecule has 0 saturated heterocycles. The summed E-state index contributed by atoms with van der Waals surface area (Å²) in [7, 11) is -2.99. The van der Waals surface area contributed by atoms with E-state index in [0.29, 0.717) is 25.5 Å². The third kappa shape index (κ3) is 9.69. The Balaban J connectivity index is 0.00000484. The molecule has 0 spiro atoms. The van der Waals surface area contributed by atoms with Gasteiger partial charge in [-0.05, 0) is 31.5 Å². The third-order valence-corrected chi connectivity index (χ3v) is 3.77. The Morgan fingerprint density at radius 2 is 1.96 bits per heavy atom. The maximum atomic E-state index is 13.5. The maximum Gasteiger partial charge on any atom is 0.191 e. The molecule has 0 heterocycles. The molecule has 9 heteroatoms. The average molecular weight is 461 g/mol. The summed E-state index contributed by atoms with van der Waals surface area (Å²) in [5, 5.41) is 5.91. The van der Waals surface area contributed by atoms with Crippen LogP contribution in [-0.2, 0) is 16.4 Å². The molecule has 0 aliphatic heterocycles. The van der Waals surface area contributed by atoms with E-state index in [4.69, 9.17) is 0 Å². The van der Waals surface area contributed by atoms with Gasteiger partial charge >= 0.3 is 0 Å². The van der Waals surface area contributed by atoms with E-state index in [-0.39, 0.29) is 41.8 Å². The van der Waals surface area contributed by atoms with E-state index in [0.717, 1.165) is 18.2 Å². The van der Waals surface area contributed by atoms with Crippen molar-refractivity contribution >= 4 is 39.8 Å². The van der Waals surface area contributed by atoms with E-state index in [9.17, 15) is 17.2 Å². The summed E-state index contributed by atoms with van der Waals surface area (Å²) in [6.45, 7) is 2.88. The van der Waals surface area contributed by atoms with Gasteiger partial charge in [0, 0.05) is 24.9 Å². The summed E-state index contributed by atoms with van der Waals surface area (Å²) in [4.78, 5) is 4.16. The van der Waals surface area contributed by atoms with E-state index in [2.05, 4.69) is 15.6 Å². The molecule has 1 rings (SSSR count). The van der Waals surface area contributed by atoms with Crippen LogP contribution >= 0.6 is 24.0 Å². The lowest BCUT2D eigenvalue weighted by molar-refractivity contribution is 0.585. The van der Waals surface area contributed by atoms with Crippen molar-refractivity contribution in [1.29, 1.82) is 0 Å². The fourth-order valence-corrected chi connectivity index (χ4v) is 2.38. The highest BCUT2D eigenvalue weighted by Gasteiger charge is 2.05. The summed E-state index contributed by atoms with van der Waals surface area (Å²) >= 11 is 0. The lowest BCUT2D eigenvalue weighted by Crippen LogP contribution is -2.38. The van der Waals surface area contributed by atoms with Crippen LogP contribution in [0.25, 0.3) is 0 Å². The Bertz CT molecular complexity index is 624. The average Bonchev–Trinajstić information content (AvgIpc) is 2.43. The number of guanidine groups is 1. The highest BCUT2D eigenvalue weighted by atomic mass is 127. The fraction of sp³-hybridized carbons (Fsp3) is 0.500. The first-order valence-electron chi connectivity index (χ1n) is 6.95. The number of aliphatic imine (C=N–C) groups is 1. The second kappa shape index (κ2) is 10.7. The molecule has 0 aliphatic carbocycles. The van der Waals surface area contributed by atoms with Gasteiger partial charge in [0.15, 0.2) is 5.96 Å². The molecule has 0 fully saturated rings. The van der Waals surface area contributed by atoms with Crippen molar-refractivity contribution in [1.82, 2.24) is 10.6 Å². The van der Waals surface area contributed by atoms with Crippen LogP contribution in [0.15, 0.2) is 23.2 Å². The Kier molecular flexibility index (Phi) is 10.3. The van der Waals surface area contributed by atoms with E-state index in [1.54, 1.807) is 0 Å². The second-order valence-electron chi connectivity index (χ2n) is 4.84. The molecule has 0 bridgehead atoms. The van der Waals surface area contributed by atoms with Crippen molar-refractivity contribution in [2.75, 3.05) is 25.1 Å². The summed E-state index contributed by atoms with van der Waals surface area (Å²) < 4.78 is 48.6. The predicted molar refractivity (Wildman–Crippen MR) is 98.9 cm³/mol. The van der Waals surface area contributed by atoms with Gasteiger partial charge in [-0.1, -0.05) is 0 Å². The van der Waals surface area contributed by atoms with Crippen LogP contribution in [0.2, 0.25) is 0 Å². The number of benzene rings is 1. The standard InChI is InChI=1S/C14H21F2N3O2S.HI/c1-3-17-14(18-7-4-8-22(2,20)21)19-10-11-9-12(15)5-6-13(11)16;/h5-6,9H,3-4,7-8,10H2,1-2H3,(H2,17,18,19);1H. The van der Waals surface area contributed by atoms with E-state index in [1.165, 1.54) is 6.26 Å². The molecular weight excluding hydrogens is 439 g/mol. The normalized spacial score (nSPS) is 11.7. The quantitative estimate of drug-likeness (QED) is 0.283. The molecule has 132 valence electrons. The van der Waals surface area contributed by atoms with Crippen molar-refractivity contribution in [3.8, 4) is 0 Å². The molecule has 1 aromatic rings. The van der Waals surface area contributed by atoms with Crippen molar-refractivity contribution in [3.63, 3.8) is 0 Å². The van der Waals surface area contributed by atoms with Gasteiger partial charge in [-0.15, -0.1) is 24.0 Å². The minimum Gasteiger partial charge on any atom is -0.357 e. The largest absolute Gasteiger partial charge is 0.357 e. The predicted octanol–water partition coefficient (Wildman–Crippen LogP) is 2.07. The van der Waals surface area contributed by atoms with Crippen LogP contribution in [0.4, 0.5) is 8.78 Å². The van der Waals surface area contributed by atoms with Gasteiger partial charge in [0.05, 0.1) is 12.3 Å². The van der Waals surface area contributed by atoms with E-state index >= 15 is 0 Å². The Hall–Kier alpha value is -0.970. The molecule has 0 saturated carbocycles. The lowest BCUT2D eigenvalue weighted by Gasteiger charge is -2.11. The van der Waals surface area contributed by atoms with Gasteiger partial charge in [0.25, 0.3) is 0 Å². The van der Waals surface area contributed by atoms with E-state index in [1.807, 2.05) is 6.92 Å². The van der Waals surface area contributed by atoms with Crippen molar-refractivity contribution in [2.24, 2.45) is 4.99 Å². The number of hydrogen-bond acceptors (Lipinski definition) is 3. The van der Waals surface area contributed by atoms with Crippen LogP contribution in [0.3, 0.4) is 0 Å². The van der Waals surface area contributed by atoms with Crippen molar-refractivity contribution in [3.05, 3.63) is 35.4 Å². The van der Waals surface area contributed by atoms with Crippen LogP contribution in [-0.4, -0.2) is 39.5 Å². The van der Waals surface area contributed by atoms with Gasteiger partial charge in [0.2, 0.25) is 0 Å². The number of halogens is 3. The fourth-order valence-electron chi connectivity index (χ4n) is 1.71. The third-order valence-electron chi connectivity index (χ3n) is 2.74. The number of nitrogens with one attached hydrogen (secondary N) is 2. The van der Waals surface area contributed by atoms with Crippen LogP contribution < -0.4 is 10.6 Å². The Labute approximate surface area is 152 Å². The van der Waals surface area contributed by atoms with Gasteiger partial charge in [0.1, 0.15) is 21.5 Å². The minimum atomic E-state index is -2.99. The first-order valence-corrected chi connectivity index (χ1v) is 9.01. The molecule has 0 radical (unpaired) electrons. The lowest BCUT2D eigenvalue weighted by atomic mass is 10.2. The topological polar surface area (TPSA) is 70.6 Å². The number of hydrogen-bond donors (Lipinski definition) is 2. The van der Waals surface area contributed by atoms with E-state index < -0.39 is 21.5 Å². The number of rotatable bonds is 7. The van der Waals surface area contributed by atoms with Crippen LogP contribution in [0.5, 0.6) is 0 Å². The first-order chi connectivity index (χ1) is 10.3. The van der Waals surface area contributed by atoms with Gasteiger partial charge in [-0.2, -0.15) is 0 Å². The second-order valence-corrected chi connectivity index (χ2v) is 7.10. The zero-order valence-electron chi connectivity index (χ0n) is 13.1. The van der Waals surface area contributed by atoms with Crippen molar-refractivity contribution < 1.29 is 17.2 Å². The SMILES string of the molecule is CCNC(=NCc1cc(F)ccc1F)NCCCS(C)(=O)=O.I. The smallest absolute Gasteiger partial charge is 0.191 e. The zero-order chi connectivity index (χ0) is 16.6. The highest BCUT2D eigenvalue weighted by Crippen LogP contribution is 2.10. The van der Waals surface area contributed by atoms with Crippen LogP contribution in [0, 0.1) is 11.6 Å². The zero-order valence-corrected chi connectivity index (χ0v) is 16.3. The molecular formula is C14H22F2IN3O2S. The van der Waals surface area contributed by atoms with Gasteiger partial charge < -0.3 is 10.6 Å². The number of nitrogens with zero attached hydrogens (tertiary/aromatic N) is 1. The molecule has 2 N–H and O–H groups in total. The summed E-state index contributed by atoms with van der Waals surface area (Å²) in [6.07, 6.45) is 1.62. The monoisotopic (exact) mass is 461 g/mol. The van der Waals surface area contributed by atoms with Crippen molar-refractivity contribution in [2.45, 2.75) is 19.9 Å². The molecule has 5 nitrogen and oxygen atoms in total. The number of sulfone groups is 1. The van der Waals surface area contributed by atoms with Gasteiger partial charge in [-0.25, -0.2) is 22.2 Å². The minimum absolute atomic E-state index is 0. The molecule has 0 atom stereocenters. The first kappa shape index (κ1) is 22.0. The molecule has 0 amide bonds. The maximum absolute atomic E-state index is 13.5. The molecule has 0 aliphatic rings. The summed E-state index contributed by atoms with van der Waals surface area (Å²) in [5.41, 5.74) is 0.160. The highest BCUT2D eigenvalue weighted by molar-refractivity contribution is 14.0. The summed E-state index contributed by atoms with van der Waals surface area (Å²) in [5.74, 6) is -0.520. The molecule has 0 unspecified atom stereocenters.